The number of hydrogen-bond acceptors (Lipinski definition) is 4. The van der Waals surface area contributed by atoms with Crippen molar-refractivity contribution in [3.05, 3.63) is 57.2 Å². The highest BCUT2D eigenvalue weighted by molar-refractivity contribution is 7.07. The number of carbonyl (C=O) groups is 1. The number of benzene rings is 1. The third-order valence-corrected chi connectivity index (χ3v) is 5.02. The van der Waals surface area contributed by atoms with Gasteiger partial charge in [-0.05, 0) is 34.5 Å². The summed E-state index contributed by atoms with van der Waals surface area (Å²) in [6.45, 7) is 3.78. The van der Waals surface area contributed by atoms with E-state index in [-0.39, 0.29) is 11.9 Å². The molecular formula is C17H19ClN2O2S. The lowest BCUT2D eigenvalue weighted by molar-refractivity contribution is 0.0163. The fourth-order valence-corrected chi connectivity index (χ4v) is 3.67. The van der Waals surface area contributed by atoms with Gasteiger partial charge in [-0.3, -0.25) is 9.69 Å². The molecule has 1 aromatic carbocycles. The Kier molecular flexibility index (Phi) is 5.67. The first-order chi connectivity index (χ1) is 11.3. The number of thiophene rings is 1. The van der Waals surface area contributed by atoms with Gasteiger partial charge in [-0.2, -0.15) is 11.3 Å². The maximum atomic E-state index is 12.4. The molecule has 4 nitrogen and oxygen atoms in total. The third-order valence-electron chi connectivity index (χ3n) is 3.99. The largest absolute Gasteiger partial charge is 0.379 e. The van der Waals surface area contributed by atoms with Crippen molar-refractivity contribution in [1.29, 1.82) is 0 Å². The summed E-state index contributed by atoms with van der Waals surface area (Å²) in [5.41, 5.74) is 1.75. The molecular weight excluding hydrogens is 332 g/mol. The fraction of sp³-hybridized carbons (Fsp3) is 0.353. The van der Waals surface area contributed by atoms with E-state index in [1.54, 1.807) is 23.5 Å². The van der Waals surface area contributed by atoms with E-state index >= 15 is 0 Å². The van der Waals surface area contributed by atoms with Crippen LogP contribution in [0.1, 0.15) is 22.0 Å². The maximum absolute atomic E-state index is 12.4. The number of nitrogens with one attached hydrogen (secondary N) is 1. The van der Waals surface area contributed by atoms with Crippen LogP contribution in [-0.4, -0.2) is 43.7 Å². The van der Waals surface area contributed by atoms with Crippen LogP contribution >= 0.6 is 22.9 Å². The van der Waals surface area contributed by atoms with E-state index < -0.39 is 0 Å². The molecule has 1 atom stereocenters. The quantitative estimate of drug-likeness (QED) is 0.900. The fourth-order valence-electron chi connectivity index (χ4n) is 2.74. The van der Waals surface area contributed by atoms with E-state index in [2.05, 4.69) is 27.0 Å². The number of nitrogens with zero attached hydrogens (tertiary/aromatic N) is 1. The summed E-state index contributed by atoms with van der Waals surface area (Å²) < 4.78 is 5.43. The molecule has 1 saturated heterocycles. The van der Waals surface area contributed by atoms with Crippen LogP contribution in [0.5, 0.6) is 0 Å². The van der Waals surface area contributed by atoms with Gasteiger partial charge in [0.2, 0.25) is 0 Å². The summed E-state index contributed by atoms with van der Waals surface area (Å²) in [5, 5.41) is 7.71. The molecule has 1 amide bonds. The molecule has 1 fully saturated rings. The molecule has 0 spiro atoms. The lowest BCUT2D eigenvalue weighted by Crippen LogP contribution is -2.43. The first-order valence-electron chi connectivity index (χ1n) is 7.62. The Balaban J connectivity index is 1.69. The Hall–Kier alpha value is -1.40. The van der Waals surface area contributed by atoms with E-state index in [1.165, 1.54) is 5.56 Å². The molecule has 0 bridgehead atoms. The lowest BCUT2D eigenvalue weighted by Gasteiger charge is -2.34. The Morgan fingerprint density at radius 2 is 2.09 bits per heavy atom. The van der Waals surface area contributed by atoms with Crippen LogP contribution < -0.4 is 5.32 Å². The summed E-state index contributed by atoms with van der Waals surface area (Å²) in [6, 6.07) is 9.39. The van der Waals surface area contributed by atoms with Crippen molar-refractivity contribution >= 4 is 28.8 Å². The molecule has 0 radical (unpaired) electrons. The molecule has 6 heteroatoms. The number of hydrogen-bond donors (Lipinski definition) is 1. The van der Waals surface area contributed by atoms with E-state index in [1.807, 2.05) is 12.1 Å². The Morgan fingerprint density at radius 1 is 1.30 bits per heavy atom. The van der Waals surface area contributed by atoms with Gasteiger partial charge >= 0.3 is 0 Å². The molecule has 0 unspecified atom stereocenters. The van der Waals surface area contributed by atoms with Crippen LogP contribution in [0.4, 0.5) is 0 Å². The molecule has 1 N–H and O–H groups in total. The molecule has 0 saturated carbocycles. The minimum absolute atomic E-state index is 0.135. The number of rotatable bonds is 5. The van der Waals surface area contributed by atoms with Crippen molar-refractivity contribution in [2.75, 3.05) is 32.8 Å². The minimum Gasteiger partial charge on any atom is -0.379 e. The van der Waals surface area contributed by atoms with Gasteiger partial charge in [-0.15, -0.1) is 0 Å². The Labute approximate surface area is 145 Å². The zero-order valence-corrected chi connectivity index (χ0v) is 14.3. The first kappa shape index (κ1) is 16.5. The molecule has 3 rings (SSSR count). The normalized spacial score (nSPS) is 16.9. The van der Waals surface area contributed by atoms with Crippen LogP contribution in [0.15, 0.2) is 41.1 Å². The summed E-state index contributed by atoms with van der Waals surface area (Å²) in [6.07, 6.45) is 0. The molecule has 2 aromatic rings. The van der Waals surface area contributed by atoms with Gasteiger partial charge in [0.1, 0.15) is 0 Å². The van der Waals surface area contributed by atoms with E-state index in [9.17, 15) is 4.79 Å². The second kappa shape index (κ2) is 7.93. The van der Waals surface area contributed by atoms with Crippen molar-refractivity contribution in [3.63, 3.8) is 0 Å². The van der Waals surface area contributed by atoms with Gasteiger partial charge in [0.15, 0.2) is 0 Å². The summed E-state index contributed by atoms with van der Waals surface area (Å²) in [5.74, 6) is -0.135. The minimum atomic E-state index is -0.135. The van der Waals surface area contributed by atoms with Crippen molar-refractivity contribution in [2.45, 2.75) is 6.04 Å². The average Bonchev–Trinajstić information content (AvgIpc) is 3.10. The van der Waals surface area contributed by atoms with Gasteiger partial charge < -0.3 is 10.1 Å². The predicted molar refractivity (Wildman–Crippen MR) is 93.2 cm³/mol. The van der Waals surface area contributed by atoms with Crippen molar-refractivity contribution in [2.24, 2.45) is 0 Å². The number of amides is 1. The summed E-state index contributed by atoms with van der Waals surface area (Å²) >= 11 is 7.77. The first-order valence-corrected chi connectivity index (χ1v) is 8.94. The summed E-state index contributed by atoms with van der Waals surface area (Å²) in [7, 11) is 0. The number of ether oxygens (including phenoxy) is 1. The molecule has 2 heterocycles. The molecule has 1 aromatic heterocycles. The highest BCUT2D eigenvalue weighted by atomic mass is 35.5. The van der Waals surface area contributed by atoms with Crippen LogP contribution in [0.25, 0.3) is 0 Å². The molecule has 1 aliphatic rings. The average molecular weight is 351 g/mol. The highest BCUT2D eigenvalue weighted by Gasteiger charge is 2.23. The van der Waals surface area contributed by atoms with Crippen LogP contribution in [0.2, 0.25) is 5.02 Å². The Bertz CT molecular complexity index is 642. The van der Waals surface area contributed by atoms with E-state index in [4.69, 9.17) is 16.3 Å². The standard InChI is InChI=1S/C17H19ClN2O2S/c18-15-4-2-1-3-14(15)17(21)19-11-16(13-5-10-23-12-13)20-6-8-22-9-7-20/h1-5,10,12,16H,6-9,11H2,(H,19,21)/t16-/m0/s1. The van der Waals surface area contributed by atoms with Crippen molar-refractivity contribution < 1.29 is 9.53 Å². The second-order valence-corrected chi connectivity index (χ2v) is 6.60. The van der Waals surface area contributed by atoms with Gasteiger partial charge in [0.25, 0.3) is 5.91 Å². The molecule has 0 aliphatic carbocycles. The third kappa shape index (κ3) is 4.12. The van der Waals surface area contributed by atoms with Gasteiger partial charge in [-0.25, -0.2) is 0 Å². The zero-order valence-electron chi connectivity index (χ0n) is 12.7. The van der Waals surface area contributed by atoms with Crippen LogP contribution in [-0.2, 0) is 4.74 Å². The van der Waals surface area contributed by atoms with Crippen molar-refractivity contribution in [3.8, 4) is 0 Å². The monoisotopic (exact) mass is 350 g/mol. The Morgan fingerprint density at radius 3 is 2.78 bits per heavy atom. The van der Waals surface area contributed by atoms with Crippen LogP contribution in [0, 0.1) is 0 Å². The SMILES string of the molecule is O=C(NC[C@@H](c1ccsc1)N1CCOCC1)c1ccccc1Cl. The second-order valence-electron chi connectivity index (χ2n) is 5.41. The molecule has 23 heavy (non-hydrogen) atoms. The van der Waals surface area contributed by atoms with Gasteiger partial charge in [0.05, 0.1) is 29.8 Å². The van der Waals surface area contributed by atoms with Crippen molar-refractivity contribution in [1.82, 2.24) is 10.2 Å². The van der Waals surface area contributed by atoms with Crippen LogP contribution in [0.3, 0.4) is 0 Å². The van der Waals surface area contributed by atoms with Gasteiger partial charge in [-0.1, -0.05) is 23.7 Å². The highest BCUT2D eigenvalue weighted by Crippen LogP contribution is 2.24. The number of carbonyl (C=O) groups excluding carboxylic acids is 1. The molecule has 1 aliphatic heterocycles. The van der Waals surface area contributed by atoms with Gasteiger partial charge in [0, 0.05) is 19.6 Å². The number of morpholine rings is 1. The zero-order chi connectivity index (χ0) is 16.1. The topological polar surface area (TPSA) is 41.6 Å². The molecule has 122 valence electrons. The summed E-state index contributed by atoms with van der Waals surface area (Å²) in [4.78, 5) is 14.7. The number of halogens is 1. The predicted octanol–water partition coefficient (Wildman–Crippen LogP) is 3.20. The smallest absolute Gasteiger partial charge is 0.252 e. The van der Waals surface area contributed by atoms with E-state index in [0.29, 0.717) is 17.1 Å². The maximum Gasteiger partial charge on any atom is 0.252 e. The lowest BCUT2D eigenvalue weighted by atomic mass is 10.1. The van der Waals surface area contributed by atoms with E-state index in [0.717, 1.165) is 26.3 Å².